The first-order valence-electron chi connectivity index (χ1n) is 13.6. The molecule has 0 spiro atoms. The maximum Gasteiger partial charge on any atom is 0.122 e. The van der Waals surface area contributed by atoms with Crippen LogP contribution in [0.2, 0.25) is 0 Å². The first kappa shape index (κ1) is 45.7. The average molecular weight is 795 g/mol. The van der Waals surface area contributed by atoms with E-state index < -0.39 is 0 Å². The third kappa shape index (κ3) is 27.8. The number of phenolic OH excluding ortho intramolecular Hbond substituents is 6. The standard InChI is InChI=1S/2C6H7OP.4C6H6O.CClO.Rh/c2*7-5-3-1-2-4-6(5)8;4*7-6-4-2-1-3-5-6;2-1-3;/h2*1-4,7H,8H2;4*1-5,7H;;/q;;;;;;-1;. The second kappa shape index (κ2) is 31.2. The minimum absolute atomic E-state index is 0. The predicted octanol–water partition coefficient (Wildman–Crippen LogP) is 7.64. The Kier molecular flexibility index (Phi) is 29.7. The van der Waals surface area contributed by atoms with Crippen molar-refractivity contribution in [1.29, 1.82) is 0 Å². The van der Waals surface area contributed by atoms with Crippen LogP contribution in [0.4, 0.5) is 0 Å². The van der Waals surface area contributed by atoms with Gasteiger partial charge < -0.3 is 47.0 Å². The molecular weight excluding hydrogens is 757 g/mol. The number of carbonyl (C=O) groups excluding carboxylic acids is 1. The Morgan fingerprint density at radius 3 is 0.646 bits per heavy atom. The molecule has 0 fully saturated rings. The Hall–Kier alpha value is -4.44. The van der Waals surface area contributed by atoms with E-state index in [1.54, 1.807) is 121 Å². The van der Waals surface area contributed by atoms with E-state index in [0.29, 0.717) is 34.5 Å². The summed E-state index contributed by atoms with van der Waals surface area (Å²) in [5, 5.41) is 54.0. The normalized spacial score (nSPS) is 8.31. The van der Waals surface area contributed by atoms with Crippen LogP contribution in [0.15, 0.2) is 170 Å². The van der Waals surface area contributed by atoms with E-state index in [1.807, 2.05) is 48.5 Å². The van der Waals surface area contributed by atoms with Crippen molar-refractivity contribution in [3.8, 4) is 34.5 Å². The second-order valence-electron chi connectivity index (χ2n) is 8.54. The molecule has 0 aromatic heterocycles. The number of para-hydroxylation sites is 6. The van der Waals surface area contributed by atoms with E-state index in [1.165, 1.54) is 0 Å². The molecule has 0 saturated heterocycles. The molecule has 6 aromatic rings. The van der Waals surface area contributed by atoms with E-state index in [9.17, 15) is 0 Å². The monoisotopic (exact) mass is 794 g/mol. The van der Waals surface area contributed by atoms with Crippen molar-refractivity contribution in [1.82, 2.24) is 0 Å². The summed E-state index contributed by atoms with van der Waals surface area (Å²) in [6.07, 6.45) is 0. The van der Waals surface area contributed by atoms with Gasteiger partial charge in [0.1, 0.15) is 34.5 Å². The molecule has 2 atom stereocenters. The van der Waals surface area contributed by atoms with Crippen LogP contribution >= 0.6 is 30.1 Å². The number of benzene rings is 6. The van der Waals surface area contributed by atoms with E-state index in [4.69, 9.17) is 35.4 Å². The Labute approximate surface area is 304 Å². The smallest absolute Gasteiger partial charge is 0.122 e. The SMILES string of the molecule is O=[C-]Cl.Oc1ccccc1.Oc1ccccc1.Oc1ccccc1.Oc1ccccc1.Oc1ccccc1P.Oc1ccccc1P.[Rh]. The fraction of sp³-hybridized carbons (Fsp3) is 0. The van der Waals surface area contributed by atoms with Gasteiger partial charge in [-0.3, -0.25) is 0 Å². The van der Waals surface area contributed by atoms with Gasteiger partial charge in [0.25, 0.3) is 0 Å². The summed E-state index contributed by atoms with van der Waals surface area (Å²) in [5.41, 5.74) is 0. The van der Waals surface area contributed by atoms with Gasteiger partial charge in [0.15, 0.2) is 0 Å². The fourth-order valence-electron chi connectivity index (χ4n) is 2.69. The zero-order valence-corrected chi connectivity index (χ0v) is 30.3. The van der Waals surface area contributed by atoms with Crippen LogP contribution in [-0.2, 0) is 24.3 Å². The molecule has 0 bridgehead atoms. The second-order valence-corrected chi connectivity index (χ2v) is 9.94. The van der Waals surface area contributed by atoms with E-state index in [2.05, 4.69) is 30.1 Å². The van der Waals surface area contributed by atoms with Crippen molar-refractivity contribution < 1.29 is 54.9 Å². The van der Waals surface area contributed by atoms with Gasteiger partial charge in [-0.1, -0.05) is 109 Å². The molecule has 7 nitrogen and oxygen atoms in total. The van der Waals surface area contributed by atoms with Gasteiger partial charge >= 0.3 is 0 Å². The first-order chi connectivity index (χ1) is 22.6. The molecule has 0 aliphatic rings. The molecule has 0 saturated carbocycles. The third-order valence-electron chi connectivity index (χ3n) is 4.90. The van der Waals surface area contributed by atoms with E-state index in [0.717, 1.165) is 16.4 Å². The number of hydrogen-bond acceptors (Lipinski definition) is 7. The Morgan fingerprint density at radius 1 is 0.375 bits per heavy atom. The topological polar surface area (TPSA) is 138 Å². The molecule has 0 aliphatic heterocycles. The van der Waals surface area contributed by atoms with Crippen LogP contribution in [0.25, 0.3) is 0 Å². The van der Waals surface area contributed by atoms with Crippen molar-refractivity contribution >= 4 is 46.4 Å². The van der Waals surface area contributed by atoms with E-state index in [-0.39, 0.29) is 19.5 Å². The maximum atomic E-state index is 8.90. The molecular formula is C37H38ClO7P2Rh-. The number of aromatic hydroxyl groups is 6. The quantitative estimate of drug-likeness (QED) is 0.0402. The van der Waals surface area contributed by atoms with Gasteiger partial charge in [-0.05, 0) is 60.7 Å². The number of phenols is 6. The largest absolute Gasteiger partial charge is 0.525 e. The summed E-state index contributed by atoms with van der Waals surface area (Å²) in [6, 6.07) is 49.2. The molecule has 255 valence electrons. The Bertz CT molecular complexity index is 1350. The van der Waals surface area contributed by atoms with Gasteiger partial charge in [-0.15, -0.1) is 18.5 Å². The molecule has 0 amide bonds. The van der Waals surface area contributed by atoms with Crippen molar-refractivity contribution in [3.05, 3.63) is 170 Å². The van der Waals surface area contributed by atoms with Crippen LogP contribution in [0.3, 0.4) is 0 Å². The summed E-state index contributed by atoms with van der Waals surface area (Å²) in [4.78, 5) is 8.45. The minimum atomic E-state index is 0. The van der Waals surface area contributed by atoms with Crippen LogP contribution in [0, 0.1) is 0 Å². The zero-order valence-electron chi connectivity index (χ0n) is 25.6. The molecule has 6 N–H and O–H groups in total. The molecule has 0 aliphatic carbocycles. The summed E-state index contributed by atoms with van der Waals surface area (Å²) in [7, 11) is 4.87. The van der Waals surface area contributed by atoms with Crippen molar-refractivity contribution in [3.63, 3.8) is 0 Å². The van der Waals surface area contributed by atoms with Gasteiger partial charge in [0.05, 0.1) is 0 Å². The predicted molar refractivity (Wildman–Crippen MR) is 199 cm³/mol. The molecule has 0 heterocycles. The van der Waals surface area contributed by atoms with Gasteiger partial charge in [-0.2, -0.15) is 5.75 Å². The Balaban J connectivity index is 0. The molecule has 2 unspecified atom stereocenters. The molecule has 6 aromatic carbocycles. The summed E-state index contributed by atoms with van der Waals surface area (Å²) in [5.74, 6) is 2.92. The maximum absolute atomic E-state index is 8.90. The van der Waals surface area contributed by atoms with Gasteiger partial charge in [0, 0.05) is 30.1 Å². The fourth-order valence-corrected chi connectivity index (χ4v) is 3.10. The molecule has 6 rings (SSSR count). The van der Waals surface area contributed by atoms with Gasteiger partial charge in [0.2, 0.25) is 0 Å². The number of halogens is 1. The van der Waals surface area contributed by atoms with Crippen molar-refractivity contribution in [2.45, 2.75) is 0 Å². The molecule has 1 radical (unpaired) electrons. The first-order valence-corrected chi connectivity index (χ1v) is 15.1. The molecule has 48 heavy (non-hydrogen) atoms. The summed E-state index contributed by atoms with van der Waals surface area (Å²) < 4.78 is 0. The van der Waals surface area contributed by atoms with Crippen molar-refractivity contribution in [2.24, 2.45) is 0 Å². The third-order valence-corrected chi connectivity index (χ3v) is 5.87. The summed E-state index contributed by atoms with van der Waals surface area (Å²) in [6.45, 7) is 0. The van der Waals surface area contributed by atoms with Crippen LogP contribution in [-0.4, -0.2) is 36.4 Å². The summed E-state index contributed by atoms with van der Waals surface area (Å²) >= 11 is 4.19. The average Bonchev–Trinajstić information content (AvgIpc) is 3.07. The Morgan fingerprint density at radius 2 is 0.542 bits per heavy atom. The van der Waals surface area contributed by atoms with Crippen molar-refractivity contribution in [2.75, 3.05) is 0 Å². The zero-order chi connectivity index (χ0) is 35.1. The van der Waals surface area contributed by atoms with Crippen LogP contribution in [0.1, 0.15) is 0 Å². The van der Waals surface area contributed by atoms with Crippen LogP contribution < -0.4 is 10.6 Å². The number of hydrogen-bond donors (Lipinski definition) is 6. The van der Waals surface area contributed by atoms with Crippen LogP contribution in [0.5, 0.6) is 34.5 Å². The minimum Gasteiger partial charge on any atom is -0.525 e. The van der Waals surface area contributed by atoms with Gasteiger partial charge in [-0.25, -0.2) is 0 Å². The number of rotatable bonds is 0. The van der Waals surface area contributed by atoms with E-state index >= 15 is 0 Å². The molecule has 11 heteroatoms.